The molecule has 28 heavy (non-hydrogen) atoms. The molecule has 1 heteroatoms. The van der Waals surface area contributed by atoms with Gasteiger partial charge in [0.25, 0.3) is 0 Å². The number of allylic oxidation sites excluding steroid dienone is 1. The van der Waals surface area contributed by atoms with Gasteiger partial charge in [-0.1, -0.05) is 45.8 Å². The van der Waals surface area contributed by atoms with E-state index in [1.807, 2.05) is 19.9 Å². The van der Waals surface area contributed by atoms with Gasteiger partial charge in [0.2, 0.25) is 0 Å². The zero-order chi connectivity index (χ0) is 20.2. The lowest BCUT2D eigenvalue weighted by atomic mass is 9.44. The SMILES string of the molecule is C[C@H](CC=CC(C)(C)O)[C@H]1CC[C@H]2[C@@H]3CCC4CCCC[C@]4(C)[C@H]3CC[C@]12C. The van der Waals surface area contributed by atoms with Gasteiger partial charge in [-0.25, -0.2) is 0 Å². The smallest absolute Gasteiger partial charge is 0.0771 e. The van der Waals surface area contributed by atoms with E-state index in [1.54, 1.807) is 0 Å². The standard InChI is InChI=1S/C27H46O/c1-19(9-8-16-25(2,3)28)22-13-14-23-21-12-11-20-10-6-7-17-26(20,4)24(21)15-18-27(22,23)5/h8,16,19-24,28H,6-7,9-15,17-18H2,1-5H3/t19-,20?,21+,22-,23+,24+,26+,27-/m1/s1. The Kier molecular flexibility index (Phi) is 5.56. The first kappa shape index (κ1) is 21.0. The molecule has 0 bridgehead atoms. The van der Waals surface area contributed by atoms with E-state index >= 15 is 0 Å². The summed E-state index contributed by atoms with van der Waals surface area (Å²) in [6, 6.07) is 0. The van der Waals surface area contributed by atoms with E-state index in [0.717, 1.165) is 41.9 Å². The molecule has 4 aliphatic rings. The molecule has 160 valence electrons. The van der Waals surface area contributed by atoms with Crippen LogP contribution in [0.15, 0.2) is 12.2 Å². The van der Waals surface area contributed by atoms with Crippen LogP contribution in [0.4, 0.5) is 0 Å². The quantitative estimate of drug-likeness (QED) is 0.499. The summed E-state index contributed by atoms with van der Waals surface area (Å²) in [5.41, 5.74) is 0.566. The highest BCUT2D eigenvalue weighted by Gasteiger charge is 2.59. The van der Waals surface area contributed by atoms with E-state index in [2.05, 4.69) is 26.8 Å². The molecule has 0 heterocycles. The van der Waals surface area contributed by atoms with Crippen molar-refractivity contribution in [2.24, 2.45) is 46.3 Å². The second kappa shape index (κ2) is 7.44. The monoisotopic (exact) mass is 386 g/mol. The number of rotatable bonds is 4. The van der Waals surface area contributed by atoms with Crippen LogP contribution in [0.3, 0.4) is 0 Å². The number of aliphatic hydroxyl groups is 1. The second-order valence-corrected chi connectivity index (χ2v) is 12.4. The highest BCUT2D eigenvalue weighted by atomic mass is 16.3. The van der Waals surface area contributed by atoms with E-state index in [0.29, 0.717) is 10.8 Å². The fourth-order valence-electron chi connectivity index (χ4n) is 9.01. The van der Waals surface area contributed by atoms with Gasteiger partial charge in [-0.3, -0.25) is 0 Å². The lowest BCUT2D eigenvalue weighted by Gasteiger charge is -2.61. The number of hydrogen-bond donors (Lipinski definition) is 1. The zero-order valence-electron chi connectivity index (χ0n) is 19.3. The molecule has 0 amide bonds. The lowest BCUT2D eigenvalue weighted by Crippen LogP contribution is -2.53. The van der Waals surface area contributed by atoms with Gasteiger partial charge in [0.15, 0.2) is 0 Å². The van der Waals surface area contributed by atoms with Gasteiger partial charge in [-0.05, 0) is 118 Å². The zero-order valence-corrected chi connectivity index (χ0v) is 19.3. The molecule has 0 aliphatic heterocycles. The van der Waals surface area contributed by atoms with Crippen molar-refractivity contribution >= 4 is 0 Å². The van der Waals surface area contributed by atoms with Crippen LogP contribution in [0.25, 0.3) is 0 Å². The van der Waals surface area contributed by atoms with E-state index in [-0.39, 0.29) is 0 Å². The second-order valence-electron chi connectivity index (χ2n) is 12.4. The Balaban J connectivity index is 1.48. The summed E-state index contributed by atoms with van der Waals surface area (Å²) in [6.07, 6.45) is 20.4. The van der Waals surface area contributed by atoms with E-state index in [9.17, 15) is 5.11 Å². The Morgan fingerprint density at radius 3 is 2.43 bits per heavy atom. The van der Waals surface area contributed by atoms with Crippen LogP contribution in [-0.2, 0) is 0 Å². The molecule has 4 aliphatic carbocycles. The fourth-order valence-corrected chi connectivity index (χ4v) is 9.01. The highest BCUT2D eigenvalue weighted by molar-refractivity contribution is 5.09. The molecule has 1 unspecified atom stereocenters. The third-order valence-electron chi connectivity index (χ3n) is 10.4. The predicted octanol–water partition coefficient (Wildman–Crippen LogP) is 7.39. The average molecular weight is 387 g/mol. The lowest BCUT2D eigenvalue weighted by molar-refractivity contribution is -0.114. The normalized spacial score (nSPS) is 47.4. The van der Waals surface area contributed by atoms with Crippen LogP contribution in [0.1, 0.15) is 105 Å². The van der Waals surface area contributed by atoms with Gasteiger partial charge < -0.3 is 5.11 Å². The molecule has 8 atom stereocenters. The summed E-state index contributed by atoms with van der Waals surface area (Å²) in [4.78, 5) is 0. The minimum Gasteiger partial charge on any atom is -0.386 e. The van der Waals surface area contributed by atoms with Crippen LogP contribution in [-0.4, -0.2) is 10.7 Å². The van der Waals surface area contributed by atoms with Crippen LogP contribution in [0.5, 0.6) is 0 Å². The molecular formula is C27H46O. The van der Waals surface area contributed by atoms with Crippen molar-refractivity contribution < 1.29 is 5.11 Å². The Bertz CT molecular complexity index is 586. The van der Waals surface area contributed by atoms with Gasteiger partial charge in [0.05, 0.1) is 5.60 Å². The van der Waals surface area contributed by atoms with Crippen LogP contribution >= 0.6 is 0 Å². The molecule has 4 rings (SSSR count). The molecular weight excluding hydrogens is 340 g/mol. The van der Waals surface area contributed by atoms with Crippen LogP contribution < -0.4 is 0 Å². The summed E-state index contributed by atoms with van der Waals surface area (Å²) in [6.45, 7) is 11.6. The highest BCUT2D eigenvalue weighted by Crippen LogP contribution is 2.68. The Labute approximate surface area is 174 Å². The molecule has 0 spiro atoms. The number of hydrogen-bond acceptors (Lipinski definition) is 1. The van der Waals surface area contributed by atoms with Crippen molar-refractivity contribution in [3.05, 3.63) is 12.2 Å². The third-order valence-corrected chi connectivity index (χ3v) is 10.4. The largest absolute Gasteiger partial charge is 0.386 e. The summed E-state index contributed by atoms with van der Waals surface area (Å²) in [7, 11) is 0. The third kappa shape index (κ3) is 3.52. The van der Waals surface area contributed by atoms with Crippen LogP contribution in [0.2, 0.25) is 0 Å². The van der Waals surface area contributed by atoms with Gasteiger partial charge in [-0.2, -0.15) is 0 Å². The molecule has 1 nitrogen and oxygen atoms in total. The summed E-state index contributed by atoms with van der Waals surface area (Å²) in [5.74, 6) is 5.68. The molecule has 4 fully saturated rings. The molecule has 0 aromatic carbocycles. The maximum Gasteiger partial charge on any atom is 0.0771 e. The van der Waals surface area contributed by atoms with Crippen LogP contribution in [0, 0.1) is 46.3 Å². The van der Waals surface area contributed by atoms with Crippen molar-refractivity contribution in [3.8, 4) is 0 Å². The van der Waals surface area contributed by atoms with Crippen molar-refractivity contribution in [1.82, 2.24) is 0 Å². The Morgan fingerprint density at radius 1 is 0.929 bits per heavy atom. The molecule has 0 saturated heterocycles. The van der Waals surface area contributed by atoms with Gasteiger partial charge >= 0.3 is 0 Å². The van der Waals surface area contributed by atoms with Gasteiger partial charge in [0.1, 0.15) is 0 Å². The van der Waals surface area contributed by atoms with E-state index in [4.69, 9.17) is 0 Å². The van der Waals surface area contributed by atoms with E-state index in [1.165, 1.54) is 64.2 Å². The average Bonchev–Trinajstić information content (AvgIpc) is 2.97. The van der Waals surface area contributed by atoms with Crippen molar-refractivity contribution in [2.75, 3.05) is 0 Å². The first-order chi connectivity index (χ1) is 13.2. The van der Waals surface area contributed by atoms with Crippen molar-refractivity contribution in [3.63, 3.8) is 0 Å². The molecule has 0 aromatic heterocycles. The molecule has 0 radical (unpaired) electrons. The summed E-state index contributed by atoms with van der Waals surface area (Å²) < 4.78 is 0. The van der Waals surface area contributed by atoms with Gasteiger partial charge in [-0.15, -0.1) is 0 Å². The predicted molar refractivity (Wildman–Crippen MR) is 119 cm³/mol. The first-order valence-electron chi connectivity index (χ1n) is 12.6. The maximum atomic E-state index is 10.00. The minimum absolute atomic E-state index is 0.570. The molecule has 0 aromatic rings. The van der Waals surface area contributed by atoms with Crippen molar-refractivity contribution in [1.29, 1.82) is 0 Å². The topological polar surface area (TPSA) is 20.2 Å². The molecule has 1 N–H and O–H groups in total. The van der Waals surface area contributed by atoms with Gasteiger partial charge in [0, 0.05) is 0 Å². The molecule has 4 saturated carbocycles. The fraction of sp³-hybridized carbons (Fsp3) is 0.926. The van der Waals surface area contributed by atoms with E-state index < -0.39 is 5.60 Å². The maximum absolute atomic E-state index is 10.00. The Hall–Kier alpha value is -0.300. The minimum atomic E-state index is -0.673. The first-order valence-corrected chi connectivity index (χ1v) is 12.6. The summed E-state index contributed by atoms with van der Waals surface area (Å²) in [5, 5.41) is 10.00. The Morgan fingerprint density at radius 2 is 1.68 bits per heavy atom. The number of fused-ring (bicyclic) bond motifs is 5. The van der Waals surface area contributed by atoms with Crippen molar-refractivity contribution in [2.45, 2.75) is 111 Å². The summed E-state index contributed by atoms with van der Waals surface area (Å²) >= 11 is 0.